The second kappa shape index (κ2) is 14.4. The zero-order valence-electron chi connectivity index (χ0n) is 19.5. The summed E-state index contributed by atoms with van der Waals surface area (Å²) in [5, 5.41) is 14.9. The lowest BCUT2D eigenvalue weighted by molar-refractivity contribution is 0.322. The number of hydrogen-bond donors (Lipinski definition) is 2. The first-order valence-corrected chi connectivity index (χ1v) is 10.9. The molecule has 9 heteroatoms. The minimum atomic E-state index is 0. The highest BCUT2D eigenvalue weighted by Crippen LogP contribution is 2.12. The van der Waals surface area contributed by atoms with Gasteiger partial charge < -0.3 is 24.7 Å². The number of rotatable bonds is 11. The number of aromatic nitrogens is 3. The van der Waals surface area contributed by atoms with Crippen LogP contribution in [0.15, 0.2) is 59.9 Å². The molecule has 0 spiro atoms. The predicted octanol–water partition coefficient (Wildman–Crippen LogP) is 3.59. The van der Waals surface area contributed by atoms with Gasteiger partial charge in [-0.05, 0) is 36.8 Å². The molecule has 1 aromatic heterocycles. The Labute approximate surface area is 212 Å². The summed E-state index contributed by atoms with van der Waals surface area (Å²) in [6.45, 7) is 7.34. The van der Waals surface area contributed by atoms with Crippen molar-refractivity contribution in [1.29, 1.82) is 0 Å². The summed E-state index contributed by atoms with van der Waals surface area (Å²) >= 11 is 0. The Balaban J connectivity index is 0.00000385. The average Bonchev–Trinajstić information content (AvgIpc) is 3.28. The van der Waals surface area contributed by atoms with E-state index in [4.69, 9.17) is 14.5 Å². The van der Waals surface area contributed by atoms with Crippen LogP contribution in [-0.4, -0.2) is 47.5 Å². The van der Waals surface area contributed by atoms with Crippen molar-refractivity contribution in [3.8, 4) is 11.5 Å². The van der Waals surface area contributed by atoms with E-state index < -0.39 is 0 Å². The van der Waals surface area contributed by atoms with Gasteiger partial charge in [0.05, 0.1) is 20.2 Å². The van der Waals surface area contributed by atoms with Crippen molar-refractivity contribution in [2.45, 2.75) is 33.4 Å². The van der Waals surface area contributed by atoms with Crippen LogP contribution in [0.4, 0.5) is 0 Å². The summed E-state index contributed by atoms with van der Waals surface area (Å²) in [4.78, 5) is 4.72. The number of benzene rings is 2. The maximum absolute atomic E-state index is 5.81. The molecule has 2 aromatic carbocycles. The lowest BCUT2D eigenvalue weighted by Gasteiger charge is -2.14. The molecule has 0 aliphatic heterocycles. The van der Waals surface area contributed by atoms with E-state index in [2.05, 4.69) is 39.2 Å². The molecule has 0 saturated heterocycles. The number of hydrogen-bond acceptors (Lipinski definition) is 5. The zero-order valence-corrected chi connectivity index (χ0v) is 21.8. The van der Waals surface area contributed by atoms with Gasteiger partial charge in [-0.2, -0.15) is 0 Å². The molecule has 2 N–H and O–H groups in total. The van der Waals surface area contributed by atoms with Gasteiger partial charge in [0, 0.05) is 19.5 Å². The molecule has 0 aliphatic carbocycles. The number of guanidine groups is 1. The van der Waals surface area contributed by atoms with Crippen LogP contribution in [0.2, 0.25) is 0 Å². The molecule has 3 rings (SSSR count). The molecule has 178 valence electrons. The van der Waals surface area contributed by atoms with Gasteiger partial charge in [-0.25, -0.2) is 4.99 Å². The second-order valence-electron chi connectivity index (χ2n) is 7.32. The summed E-state index contributed by atoms with van der Waals surface area (Å²) < 4.78 is 13.1. The molecule has 0 atom stereocenters. The van der Waals surface area contributed by atoms with Gasteiger partial charge >= 0.3 is 0 Å². The Kier molecular flexibility index (Phi) is 11.5. The van der Waals surface area contributed by atoms with E-state index >= 15 is 0 Å². The standard InChI is InChI=1S/C24H32N6O2.HI/c1-4-23-29-28-18-30(23)15-13-25-24(27-17-20-7-11-21(31-3)12-8-20)26-14-16-32-22-9-5-19(2)6-10-22;/h5-12,18H,4,13-17H2,1-3H3,(H2,25,26,27);1H. The fourth-order valence-corrected chi connectivity index (χ4v) is 3.08. The molecule has 8 nitrogen and oxygen atoms in total. The largest absolute Gasteiger partial charge is 0.497 e. The summed E-state index contributed by atoms with van der Waals surface area (Å²) in [7, 11) is 1.66. The van der Waals surface area contributed by atoms with Gasteiger partial charge in [-0.1, -0.05) is 36.8 Å². The molecule has 0 radical (unpaired) electrons. The fraction of sp³-hybridized carbons (Fsp3) is 0.375. The third kappa shape index (κ3) is 8.91. The van der Waals surface area contributed by atoms with E-state index in [1.807, 2.05) is 48.5 Å². The van der Waals surface area contributed by atoms with E-state index in [9.17, 15) is 0 Å². The first-order chi connectivity index (χ1) is 15.7. The molecule has 1 heterocycles. The van der Waals surface area contributed by atoms with Crippen molar-refractivity contribution in [3.05, 3.63) is 71.8 Å². The lowest BCUT2D eigenvalue weighted by Crippen LogP contribution is -2.40. The molecular formula is C24H33IN6O2. The molecule has 0 unspecified atom stereocenters. The van der Waals surface area contributed by atoms with Gasteiger partial charge in [0.2, 0.25) is 0 Å². The number of aliphatic imine (C=N–C) groups is 1. The van der Waals surface area contributed by atoms with E-state index in [1.165, 1.54) is 5.56 Å². The lowest BCUT2D eigenvalue weighted by atomic mass is 10.2. The third-order valence-electron chi connectivity index (χ3n) is 4.92. The summed E-state index contributed by atoms with van der Waals surface area (Å²) in [5.74, 6) is 3.41. The van der Waals surface area contributed by atoms with E-state index in [-0.39, 0.29) is 24.0 Å². The predicted molar refractivity (Wildman–Crippen MR) is 142 cm³/mol. The molecule has 0 aliphatic rings. The van der Waals surface area contributed by atoms with E-state index in [1.54, 1.807) is 13.4 Å². The number of aryl methyl sites for hydroxylation is 2. The van der Waals surface area contributed by atoms with Crippen LogP contribution in [0, 0.1) is 6.92 Å². The van der Waals surface area contributed by atoms with Crippen molar-refractivity contribution in [2.75, 3.05) is 26.8 Å². The van der Waals surface area contributed by atoms with Crippen LogP contribution in [0.5, 0.6) is 11.5 Å². The highest BCUT2D eigenvalue weighted by molar-refractivity contribution is 14.0. The van der Waals surface area contributed by atoms with Crippen molar-refractivity contribution in [2.24, 2.45) is 4.99 Å². The summed E-state index contributed by atoms with van der Waals surface area (Å²) in [5.41, 5.74) is 2.32. The highest BCUT2D eigenvalue weighted by atomic mass is 127. The van der Waals surface area contributed by atoms with Crippen molar-refractivity contribution < 1.29 is 9.47 Å². The Morgan fingerprint density at radius 3 is 2.39 bits per heavy atom. The van der Waals surface area contributed by atoms with Crippen LogP contribution in [-0.2, 0) is 19.5 Å². The number of nitrogens with zero attached hydrogens (tertiary/aromatic N) is 4. The molecule has 0 saturated carbocycles. The Morgan fingerprint density at radius 1 is 1.00 bits per heavy atom. The van der Waals surface area contributed by atoms with E-state index in [0.717, 1.165) is 41.8 Å². The minimum absolute atomic E-state index is 0. The molecule has 33 heavy (non-hydrogen) atoms. The van der Waals surface area contributed by atoms with Crippen LogP contribution in [0.3, 0.4) is 0 Å². The molecule has 0 bridgehead atoms. The second-order valence-corrected chi connectivity index (χ2v) is 7.32. The summed E-state index contributed by atoms with van der Waals surface area (Å²) in [6.07, 6.45) is 2.62. The zero-order chi connectivity index (χ0) is 22.6. The van der Waals surface area contributed by atoms with Crippen molar-refractivity contribution in [1.82, 2.24) is 25.4 Å². The van der Waals surface area contributed by atoms with Crippen molar-refractivity contribution >= 4 is 29.9 Å². The monoisotopic (exact) mass is 564 g/mol. The van der Waals surface area contributed by atoms with Crippen LogP contribution in [0.25, 0.3) is 0 Å². The van der Waals surface area contributed by atoms with Gasteiger partial charge in [-0.3, -0.25) is 0 Å². The van der Waals surface area contributed by atoms with Gasteiger partial charge in [-0.15, -0.1) is 34.2 Å². The van der Waals surface area contributed by atoms with E-state index in [0.29, 0.717) is 26.2 Å². The molecule has 0 fully saturated rings. The number of nitrogens with one attached hydrogen (secondary N) is 2. The van der Waals surface area contributed by atoms with Gasteiger partial charge in [0.25, 0.3) is 0 Å². The average molecular weight is 564 g/mol. The maximum atomic E-state index is 5.81. The Hall–Kier alpha value is -2.82. The highest BCUT2D eigenvalue weighted by Gasteiger charge is 2.04. The van der Waals surface area contributed by atoms with Crippen molar-refractivity contribution in [3.63, 3.8) is 0 Å². The Bertz CT molecular complexity index is 973. The topological polar surface area (TPSA) is 85.6 Å². The maximum Gasteiger partial charge on any atom is 0.191 e. The SMILES string of the molecule is CCc1nncn1CCNC(=NCc1ccc(OC)cc1)NCCOc1ccc(C)cc1.I. The molecule has 0 amide bonds. The quantitative estimate of drug-likeness (QED) is 0.160. The van der Waals surface area contributed by atoms with Crippen LogP contribution < -0.4 is 20.1 Å². The molecule has 3 aromatic rings. The minimum Gasteiger partial charge on any atom is -0.497 e. The first-order valence-electron chi connectivity index (χ1n) is 10.9. The normalized spacial score (nSPS) is 10.9. The fourth-order valence-electron chi connectivity index (χ4n) is 3.08. The smallest absolute Gasteiger partial charge is 0.191 e. The third-order valence-corrected chi connectivity index (χ3v) is 4.92. The van der Waals surface area contributed by atoms with Crippen LogP contribution in [0.1, 0.15) is 23.9 Å². The number of methoxy groups -OCH3 is 1. The van der Waals surface area contributed by atoms with Crippen LogP contribution >= 0.6 is 24.0 Å². The Morgan fingerprint density at radius 2 is 1.70 bits per heavy atom. The molecular weight excluding hydrogens is 531 g/mol. The number of ether oxygens (including phenoxy) is 2. The number of halogens is 1. The first kappa shape index (κ1) is 26.4. The summed E-state index contributed by atoms with van der Waals surface area (Å²) in [6, 6.07) is 16.0. The van der Waals surface area contributed by atoms with Gasteiger partial charge in [0.15, 0.2) is 5.96 Å². The van der Waals surface area contributed by atoms with Gasteiger partial charge in [0.1, 0.15) is 30.3 Å².